The molecular formula is C13H19NOS. The maximum absolute atomic E-state index is 11.7. The summed E-state index contributed by atoms with van der Waals surface area (Å²) in [4.78, 5) is 12.6. The van der Waals surface area contributed by atoms with E-state index in [1.165, 1.54) is 0 Å². The van der Waals surface area contributed by atoms with Crippen LogP contribution in [0.5, 0.6) is 0 Å². The fourth-order valence-electron chi connectivity index (χ4n) is 1.27. The van der Waals surface area contributed by atoms with Crippen LogP contribution in [0.1, 0.15) is 26.3 Å². The summed E-state index contributed by atoms with van der Waals surface area (Å²) in [5.41, 5.74) is 1.02. The fraction of sp³-hybridized carbons (Fsp3) is 0.462. The van der Waals surface area contributed by atoms with Gasteiger partial charge >= 0.3 is 0 Å². The van der Waals surface area contributed by atoms with E-state index in [0.717, 1.165) is 10.5 Å². The number of carbonyl (C=O) groups is 1. The minimum absolute atomic E-state index is 0.0770. The van der Waals surface area contributed by atoms with E-state index in [1.54, 1.807) is 0 Å². The van der Waals surface area contributed by atoms with E-state index in [0.29, 0.717) is 12.3 Å². The molecule has 0 aliphatic carbocycles. The van der Waals surface area contributed by atoms with Crippen molar-refractivity contribution in [3.05, 3.63) is 29.8 Å². The molecule has 0 aromatic heterocycles. The lowest BCUT2D eigenvalue weighted by molar-refractivity contribution is -0.121. The summed E-state index contributed by atoms with van der Waals surface area (Å²) in [7, 11) is 0. The molecule has 0 spiro atoms. The molecule has 3 heteroatoms. The predicted octanol–water partition coefficient (Wildman–Crippen LogP) is 2.68. The van der Waals surface area contributed by atoms with Crippen LogP contribution in [0, 0.1) is 5.92 Å². The van der Waals surface area contributed by atoms with E-state index in [-0.39, 0.29) is 11.9 Å². The molecule has 16 heavy (non-hydrogen) atoms. The fourth-order valence-corrected chi connectivity index (χ4v) is 1.42. The highest BCUT2D eigenvalue weighted by Crippen LogP contribution is 2.08. The minimum atomic E-state index is 0.0770. The average Bonchev–Trinajstić information content (AvgIpc) is 2.21. The first kappa shape index (κ1) is 13.1. The van der Waals surface area contributed by atoms with Gasteiger partial charge in [0.05, 0.1) is 6.42 Å². The summed E-state index contributed by atoms with van der Waals surface area (Å²) in [5, 5.41) is 2.98. The molecule has 0 bridgehead atoms. The van der Waals surface area contributed by atoms with Gasteiger partial charge in [0.25, 0.3) is 0 Å². The van der Waals surface area contributed by atoms with Crippen LogP contribution in [-0.4, -0.2) is 11.9 Å². The molecule has 0 heterocycles. The van der Waals surface area contributed by atoms with Gasteiger partial charge in [-0.3, -0.25) is 4.79 Å². The number of hydrogen-bond acceptors (Lipinski definition) is 2. The Bertz CT molecular complexity index is 345. The summed E-state index contributed by atoms with van der Waals surface area (Å²) in [5.74, 6) is 0.539. The molecule has 0 fully saturated rings. The second kappa shape index (κ2) is 5.94. The van der Waals surface area contributed by atoms with Crippen molar-refractivity contribution < 1.29 is 4.79 Å². The summed E-state index contributed by atoms with van der Waals surface area (Å²) >= 11 is 4.20. The Hall–Kier alpha value is -0.960. The highest BCUT2D eigenvalue weighted by atomic mass is 32.1. The molecule has 1 N–H and O–H groups in total. The van der Waals surface area contributed by atoms with Gasteiger partial charge in [-0.2, -0.15) is 0 Å². The van der Waals surface area contributed by atoms with E-state index in [9.17, 15) is 4.79 Å². The predicted molar refractivity (Wildman–Crippen MR) is 69.8 cm³/mol. The number of nitrogens with one attached hydrogen (secondary N) is 1. The van der Waals surface area contributed by atoms with Crippen molar-refractivity contribution in [3.8, 4) is 0 Å². The molecule has 2 nitrogen and oxygen atoms in total. The molecular weight excluding hydrogens is 218 g/mol. The standard InChI is InChI=1S/C13H19NOS/c1-9(2)10(3)14-13(15)8-11-4-6-12(16)7-5-11/h4-7,9-10,16H,8H2,1-3H3,(H,14,15). The number of amides is 1. The van der Waals surface area contributed by atoms with Crippen molar-refractivity contribution in [2.75, 3.05) is 0 Å². The molecule has 88 valence electrons. The smallest absolute Gasteiger partial charge is 0.224 e. The molecule has 1 atom stereocenters. The van der Waals surface area contributed by atoms with Gasteiger partial charge in [0.2, 0.25) is 5.91 Å². The lowest BCUT2D eigenvalue weighted by Gasteiger charge is -2.17. The Balaban J connectivity index is 2.48. The van der Waals surface area contributed by atoms with Gasteiger partial charge in [0, 0.05) is 10.9 Å². The maximum atomic E-state index is 11.7. The Morgan fingerprint density at radius 3 is 2.31 bits per heavy atom. The Morgan fingerprint density at radius 1 is 1.25 bits per heavy atom. The largest absolute Gasteiger partial charge is 0.353 e. The highest BCUT2D eigenvalue weighted by Gasteiger charge is 2.10. The van der Waals surface area contributed by atoms with Gasteiger partial charge in [-0.1, -0.05) is 26.0 Å². The second-order valence-electron chi connectivity index (χ2n) is 4.44. The second-order valence-corrected chi connectivity index (χ2v) is 4.96. The third kappa shape index (κ3) is 4.27. The zero-order valence-electron chi connectivity index (χ0n) is 10.0. The van der Waals surface area contributed by atoms with Crippen LogP contribution in [0.3, 0.4) is 0 Å². The molecule has 0 saturated heterocycles. The molecule has 0 saturated carbocycles. The van der Waals surface area contributed by atoms with Crippen LogP contribution < -0.4 is 5.32 Å². The van der Waals surface area contributed by atoms with Crippen LogP contribution in [0.2, 0.25) is 0 Å². The van der Waals surface area contributed by atoms with E-state index in [1.807, 2.05) is 31.2 Å². The lowest BCUT2D eigenvalue weighted by atomic mass is 10.1. The Labute approximate surface area is 103 Å². The summed E-state index contributed by atoms with van der Waals surface area (Å²) in [6.07, 6.45) is 0.436. The molecule has 0 aliphatic heterocycles. The lowest BCUT2D eigenvalue weighted by Crippen LogP contribution is -2.37. The van der Waals surface area contributed by atoms with Gasteiger partial charge in [0.15, 0.2) is 0 Å². The minimum Gasteiger partial charge on any atom is -0.353 e. The van der Waals surface area contributed by atoms with Gasteiger partial charge in [-0.25, -0.2) is 0 Å². The van der Waals surface area contributed by atoms with Crippen molar-refractivity contribution in [1.82, 2.24) is 5.32 Å². The maximum Gasteiger partial charge on any atom is 0.224 e. The topological polar surface area (TPSA) is 29.1 Å². The van der Waals surface area contributed by atoms with Crippen LogP contribution in [0.25, 0.3) is 0 Å². The van der Waals surface area contributed by atoms with Crippen molar-refractivity contribution in [2.45, 2.75) is 38.1 Å². The molecule has 1 aromatic rings. The Morgan fingerprint density at radius 2 is 1.81 bits per heavy atom. The molecule has 1 rings (SSSR count). The monoisotopic (exact) mass is 237 g/mol. The SMILES string of the molecule is CC(C)C(C)NC(=O)Cc1ccc(S)cc1. The number of benzene rings is 1. The summed E-state index contributed by atoms with van der Waals surface area (Å²) < 4.78 is 0. The van der Waals surface area contributed by atoms with E-state index >= 15 is 0 Å². The average molecular weight is 237 g/mol. The number of carbonyl (C=O) groups excluding carboxylic acids is 1. The van der Waals surface area contributed by atoms with Crippen LogP contribution in [0.15, 0.2) is 29.2 Å². The van der Waals surface area contributed by atoms with E-state index < -0.39 is 0 Å². The number of rotatable bonds is 4. The molecule has 1 amide bonds. The van der Waals surface area contributed by atoms with Gasteiger partial charge in [-0.05, 0) is 30.5 Å². The molecule has 0 radical (unpaired) electrons. The Kier molecular flexibility index (Phi) is 4.87. The molecule has 1 aromatic carbocycles. The van der Waals surface area contributed by atoms with Crippen molar-refractivity contribution >= 4 is 18.5 Å². The first-order chi connectivity index (χ1) is 7.49. The third-order valence-corrected chi connectivity index (χ3v) is 2.99. The van der Waals surface area contributed by atoms with Crippen LogP contribution >= 0.6 is 12.6 Å². The first-order valence-corrected chi connectivity index (χ1v) is 6.01. The number of thiol groups is 1. The van der Waals surface area contributed by atoms with Crippen LogP contribution in [-0.2, 0) is 11.2 Å². The van der Waals surface area contributed by atoms with E-state index in [4.69, 9.17) is 0 Å². The van der Waals surface area contributed by atoms with E-state index in [2.05, 4.69) is 31.8 Å². The zero-order valence-corrected chi connectivity index (χ0v) is 10.9. The van der Waals surface area contributed by atoms with Gasteiger partial charge in [-0.15, -0.1) is 12.6 Å². The highest BCUT2D eigenvalue weighted by molar-refractivity contribution is 7.80. The zero-order chi connectivity index (χ0) is 12.1. The third-order valence-electron chi connectivity index (χ3n) is 2.69. The summed E-state index contributed by atoms with van der Waals surface area (Å²) in [6, 6.07) is 7.88. The molecule has 1 unspecified atom stereocenters. The molecule has 0 aliphatic rings. The summed E-state index contributed by atoms with van der Waals surface area (Å²) in [6.45, 7) is 6.22. The van der Waals surface area contributed by atoms with Gasteiger partial charge < -0.3 is 5.32 Å². The van der Waals surface area contributed by atoms with Crippen molar-refractivity contribution in [2.24, 2.45) is 5.92 Å². The quantitative estimate of drug-likeness (QED) is 0.775. The van der Waals surface area contributed by atoms with Crippen molar-refractivity contribution in [3.63, 3.8) is 0 Å². The normalized spacial score (nSPS) is 12.6. The van der Waals surface area contributed by atoms with Crippen LogP contribution in [0.4, 0.5) is 0 Å². The van der Waals surface area contributed by atoms with Gasteiger partial charge in [0.1, 0.15) is 0 Å². The first-order valence-electron chi connectivity index (χ1n) is 5.56. The van der Waals surface area contributed by atoms with Crippen molar-refractivity contribution in [1.29, 1.82) is 0 Å². The number of hydrogen-bond donors (Lipinski definition) is 2.